The number of nitrogens with one attached hydrogen (secondary N) is 1. The first-order valence-electron chi connectivity index (χ1n) is 5.73. The quantitative estimate of drug-likeness (QED) is 0.882. The Hall–Kier alpha value is -2.01. The highest BCUT2D eigenvalue weighted by Crippen LogP contribution is 2.17. The van der Waals surface area contributed by atoms with Gasteiger partial charge in [-0.05, 0) is 18.7 Å². The van der Waals surface area contributed by atoms with Gasteiger partial charge in [-0.3, -0.25) is 0 Å². The van der Waals surface area contributed by atoms with Crippen molar-refractivity contribution in [2.75, 3.05) is 6.54 Å². The van der Waals surface area contributed by atoms with Crippen LogP contribution >= 0.6 is 0 Å². The third-order valence-electron chi connectivity index (χ3n) is 2.27. The summed E-state index contributed by atoms with van der Waals surface area (Å²) < 4.78 is 18.3. The second-order valence-electron chi connectivity index (χ2n) is 3.71. The fourth-order valence-electron chi connectivity index (χ4n) is 1.39. The molecule has 1 heterocycles. The molecule has 2 rings (SSSR count). The van der Waals surface area contributed by atoms with Crippen molar-refractivity contribution >= 4 is 0 Å². The molecule has 0 aliphatic rings. The van der Waals surface area contributed by atoms with Gasteiger partial charge in [0.1, 0.15) is 11.6 Å². The lowest BCUT2D eigenvalue weighted by Gasteiger charge is -2.05. The summed E-state index contributed by atoms with van der Waals surface area (Å²) in [5, 5.41) is 3.17. The van der Waals surface area contributed by atoms with E-state index in [1.165, 1.54) is 12.1 Å². The van der Waals surface area contributed by atoms with Crippen LogP contribution in [0.15, 0.2) is 36.7 Å². The molecule has 0 atom stereocenters. The van der Waals surface area contributed by atoms with Crippen molar-refractivity contribution in [2.24, 2.45) is 0 Å². The Morgan fingerprint density at radius 2 is 2.06 bits per heavy atom. The van der Waals surface area contributed by atoms with Gasteiger partial charge in [0.25, 0.3) is 0 Å². The van der Waals surface area contributed by atoms with Gasteiger partial charge in [-0.25, -0.2) is 14.4 Å². The van der Waals surface area contributed by atoms with Crippen LogP contribution in [0.4, 0.5) is 4.39 Å². The molecule has 1 aromatic carbocycles. The van der Waals surface area contributed by atoms with Crippen LogP contribution in [0.25, 0.3) is 0 Å². The lowest BCUT2D eigenvalue weighted by molar-refractivity contribution is 0.437. The van der Waals surface area contributed by atoms with E-state index in [2.05, 4.69) is 15.3 Å². The maximum atomic E-state index is 12.9. The average Bonchev–Trinajstić information content (AvgIpc) is 2.38. The molecule has 0 amide bonds. The zero-order valence-corrected chi connectivity index (χ0v) is 10.1. The molecule has 0 spiro atoms. The standard InChI is InChI=1S/C13H14FN3O/c1-2-15-7-10-8-16-13(17-9-10)18-12-5-3-4-11(14)6-12/h3-6,8-9,15H,2,7H2,1H3. The summed E-state index contributed by atoms with van der Waals surface area (Å²) in [6.07, 6.45) is 3.37. The van der Waals surface area contributed by atoms with Gasteiger partial charge in [-0.1, -0.05) is 13.0 Å². The topological polar surface area (TPSA) is 47.0 Å². The Kier molecular flexibility index (Phi) is 4.20. The monoisotopic (exact) mass is 247 g/mol. The maximum absolute atomic E-state index is 12.9. The predicted molar refractivity (Wildman–Crippen MR) is 65.9 cm³/mol. The molecule has 0 aliphatic carbocycles. The predicted octanol–water partition coefficient (Wildman–Crippen LogP) is 2.52. The first-order valence-corrected chi connectivity index (χ1v) is 5.73. The van der Waals surface area contributed by atoms with Gasteiger partial charge in [0.2, 0.25) is 0 Å². The van der Waals surface area contributed by atoms with Gasteiger partial charge in [-0.15, -0.1) is 0 Å². The molecule has 4 nitrogen and oxygen atoms in total. The molecule has 0 aliphatic heterocycles. The molecule has 0 saturated carbocycles. The number of hydrogen-bond acceptors (Lipinski definition) is 4. The van der Waals surface area contributed by atoms with E-state index in [9.17, 15) is 4.39 Å². The largest absolute Gasteiger partial charge is 0.424 e. The summed E-state index contributed by atoms with van der Waals surface area (Å²) in [4.78, 5) is 8.12. The first-order chi connectivity index (χ1) is 8.78. The van der Waals surface area contributed by atoms with Crippen molar-refractivity contribution in [3.63, 3.8) is 0 Å². The third-order valence-corrected chi connectivity index (χ3v) is 2.27. The second-order valence-corrected chi connectivity index (χ2v) is 3.71. The van der Waals surface area contributed by atoms with Gasteiger partial charge in [0.15, 0.2) is 0 Å². The minimum atomic E-state index is -0.351. The van der Waals surface area contributed by atoms with Crippen LogP contribution in [0, 0.1) is 5.82 Å². The zero-order chi connectivity index (χ0) is 12.8. The number of aromatic nitrogens is 2. The first kappa shape index (κ1) is 12.4. The Morgan fingerprint density at radius 3 is 2.72 bits per heavy atom. The summed E-state index contributed by atoms with van der Waals surface area (Å²) in [5.41, 5.74) is 0.975. The van der Waals surface area contributed by atoms with Gasteiger partial charge >= 0.3 is 6.01 Å². The van der Waals surface area contributed by atoms with Crippen molar-refractivity contribution in [2.45, 2.75) is 13.5 Å². The van der Waals surface area contributed by atoms with Crippen molar-refractivity contribution in [1.29, 1.82) is 0 Å². The summed E-state index contributed by atoms with van der Waals surface area (Å²) in [6.45, 7) is 3.64. The second kappa shape index (κ2) is 6.07. The molecule has 0 bridgehead atoms. The van der Waals surface area contributed by atoms with Gasteiger partial charge < -0.3 is 10.1 Å². The van der Waals surface area contributed by atoms with Crippen molar-refractivity contribution in [3.8, 4) is 11.8 Å². The van der Waals surface area contributed by atoms with Gasteiger partial charge in [0.05, 0.1) is 0 Å². The average molecular weight is 247 g/mol. The number of ether oxygens (including phenoxy) is 1. The number of benzene rings is 1. The van der Waals surface area contributed by atoms with E-state index in [1.807, 2.05) is 6.92 Å². The molecule has 0 radical (unpaired) electrons. The van der Waals surface area contributed by atoms with E-state index >= 15 is 0 Å². The SMILES string of the molecule is CCNCc1cnc(Oc2cccc(F)c2)nc1. The lowest BCUT2D eigenvalue weighted by atomic mass is 10.3. The maximum Gasteiger partial charge on any atom is 0.321 e. The van der Waals surface area contributed by atoms with Crippen LogP contribution in [-0.2, 0) is 6.54 Å². The molecule has 1 aromatic heterocycles. The number of hydrogen-bond donors (Lipinski definition) is 1. The molecular formula is C13H14FN3O. The Labute approximate surface area is 105 Å². The van der Waals surface area contributed by atoms with E-state index in [4.69, 9.17) is 4.74 Å². The van der Waals surface area contributed by atoms with E-state index in [-0.39, 0.29) is 11.8 Å². The van der Waals surface area contributed by atoms with Crippen molar-refractivity contribution < 1.29 is 9.13 Å². The van der Waals surface area contributed by atoms with Gasteiger partial charge in [0, 0.05) is 30.6 Å². The number of nitrogens with zero attached hydrogens (tertiary/aromatic N) is 2. The van der Waals surface area contributed by atoms with Crippen LogP contribution in [-0.4, -0.2) is 16.5 Å². The van der Waals surface area contributed by atoms with Crippen molar-refractivity contribution in [1.82, 2.24) is 15.3 Å². The highest BCUT2D eigenvalue weighted by Gasteiger charge is 2.01. The normalized spacial score (nSPS) is 10.3. The lowest BCUT2D eigenvalue weighted by Crippen LogP contribution is -2.12. The van der Waals surface area contributed by atoms with E-state index in [0.29, 0.717) is 5.75 Å². The number of halogens is 1. The Balaban J connectivity index is 2.02. The van der Waals surface area contributed by atoms with Crippen LogP contribution in [0.2, 0.25) is 0 Å². The van der Waals surface area contributed by atoms with Gasteiger partial charge in [-0.2, -0.15) is 0 Å². The summed E-state index contributed by atoms with van der Waals surface area (Å²) in [7, 11) is 0. The highest BCUT2D eigenvalue weighted by atomic mass is 19.1. The fourth-order valence-corrected chi connectivity index (χ4v) is 1.39. The highest BCUT2D eigenvalue weighted by molar-refractivity contribution is 5.25. The molecular weight excluding hydrogens is 233 g/mol. The molecule has 2 aromatic rings. The molecule has 94 valence electrons. The molecule has 0 fully saturated rings. The zero-order valence-electron chi connectivity index (χ0n) is 10.1. The van der Waals surface area contributed by atoms with E-state index in [0.717, 1.165) is 18.7 Å². The van der Waals surface area contributed by atoms with Crippen LogP contribution < -0.4 is 10.1 Å². The summed E-state index contributed by atoms with van der Waals surface area (Å²) in [6, 6.07) is 6.08. The minimum absolute atomic E-state index is 0.209. The summed E-state index contributed by atoms with van der Waals surface area (Å²) >= 11 is 0. The van der Waals surface area contributed by atoms with E-state index < -0.39 is 0 Å². The van der Waals surface area contributed by atoms with Crippen molar-refractivity contribution in [3.05, 3.63) is 48.0 Å². The fraction of sp³-hybridized carbons (Fsp3) is 0.231. The minimum Gasteiger partial charge on any atom is -0.424 e. The molecule has 1 N–H and O–H groups in total. The van der Waals surface area contributed by atoms with Crippen LogP contribution in [0.1, 0.15) is 12.5 Å². The molecule has 18 heavy (non-hydrogen) atoms. The van der Waals surface area contributed by atoms with E-state index in [1.54, 1.807) is 24.5 Å². The smallest absolute Gasteiger partial charge is 0.321 e. The van der Waals surface area contributed by atoms with Crippen LogP contribution in [0.5, 0.6) is 11.8 Å². The molecule has 0 saturated heterocycles. The molecule has 0 unspecified atom stereocenters. The Bertz CT molecular complexity index is 502. The Morgan fingerprint density at radius 1 is 1.28 bits per heavy atom. The summed E-state index contributed by atoms with van der Waals surface area (Å²) in [5.74, 6) is 0.0331. The van der Waals surface area contributed by atoms with Crippen LogP contribution in [0.3, 0.4) is 0 Å². The third kappa shape index (κ3) is 3.49. The molecule has 5 heteroatoms. The number of rotatable bonds is 5.